The highest BCUT2D eigenvalue weighted by atomic mass is 32.2. The van der Waals surface area contributed by atoms with Crippen LogP contribution in [-0.4, -0.2) is 37.4 Å². The van der Waals surface area contributed by atoms with Crippen molar-refractivity contribution in [3.63, 3.8) is 0 Å². The molecule has 2 rings (SSSR count). The highest BCUT2D eigenvalue weighted by Crippen LogP contribution is 2.30. The molecular weight excluding hydrogens is 304 g/mol. The number of fused-ring (bicyclic) bond motifs is 1. The Morgan fingerprint density at radius 1 is 1.43 bits per heavy atom. The largest absolute Gasteiger partial charge is 0.481 e. The average molecular weight is 324 g/mol. The van der Waals surface area contributed by atoms with Gasteiger partial charge in [0, 0.05) is 11.3 Å². The van der Waals surface area contributed by atoms with Crippen LogP contribution in [0.4, 0.5) is 0 Å². The third kappa shape index (κ3) is 3.95. The number of carbonyl (C=O) groups is 1. The Hall–Kier alpha value is -1.14. The summed E-state index contributed by atoms with van der Waals surface area (Å²) in [5.41, 5.74) is 3.15. The van der Waals surface area contributed by atoms with Crippen LogP contribution in [0.15, 0.2) is 23.4 Å². The maximum Gasteiger partial charge on any atom is 0.313 e. The minimum atomic E-state index is -0.820. The number of carboxylic acids is 1. The summed E-state index contributed by atoms with van der Waals surface area (Å²) in [6.07, 6.45) is 2.09. The zero-order valence-corrected chi connectivity index (χ0v) is 14.3. The molecule has 0 amide bonds. The predicted octanol–water partition coefficient (Wildman–Crippen LogP) is 3.66. The smallest absolute Gasteiger partial charge is 0.313 e. The Morgan fingerprint density at radius 3 is 2.76 bits per heavy atom. The SMILES string of the molecule is CSC(C)(C)Cn1c(SCC(=O)O)nc2cc(C)ccc21. The van der Waals surface area contributed by atoms with E-state index < -0.39 is 5.97 Å². The minimum Gasteiger partial charge on any atom is -0.481 e. The summed E-state index contributed by atoms with van der Waals surface area (Å²) in [5, 5.41) is 9.68. The molecule has 0 saturated carbocycles. The van der Waals surface area contributed by atoms with E-state index >= 15 is 0 Å². The molecule has 6 heteroatoms. The molecule has 4 nitrogen and oxygen atoms in total. The molecule has 114 valence electrons. The van der Waals surface area contributed by atoms with Gasteiger partial charge >= 0.3 is 5.97 Å². The van der Waals surface area contributed by atoms with E-state index in [1.54, 1.807) is 11.8 Å². The summed E-state index contributed by atoms with van der Waals surface area (Å²) in [4.78, 5) is 15.4. The number of hydrogen-bond acceptors (Lipinski definition) is 4. The molecule has 2 aromatic rings. The molecule has 0 atom stereocenters. The number of aryl methyl sites for hydroxylation is 1. The first-order valence-corrected chi connectivity index (χ1v) is 8.90. The van der Waals surface area contributed by atoms with Crippen LogP contribution in [0.2, 0.25) is 0 Å². The maximum absolute atomic E-state index is 10.8. The van der Waals surface area contributed by atoms with E-state index in [9.17, 15) is 4.79 Å². The van der Waals surface area contributed by atoms with Gasteiger partial charge in [-0.15, -0.1) is 0 Å². The summed E-state index contributed by atoms with van der Waals surface area (Å²) in [7, 11) is 0. The van der Waals surface area contributed by atoms with Gasteiger partial charge in [0.25, 0.3) is 0 Å². The third-order valence-corrected chi connectivity index (χ3v) is 5.48. The molecule has 0 bridgehead atoms. The van der Waals surface area contributed by atoms with Gasteiger partial charge < -0.3 is 9.67 Å². The van der Waals surface area contributed by atoms with Crippen LogP contribution in [-0.2, 0) is 11.3 Å². The molecule has 1 aromatic carbocycles. The standard InChI is InChI=1S/C15H20N2O2S2/c1-10-5-6-12-11(7-10)16-14(21-8-13(18)19)17(12)9-15(2,3)20-4/h5-7H,8-9H2,1-4H3,(H,18,19). The van der Waals surface area contributed by atoms with Gasteiger partial charge in [-0.1, -0.05) is 17.8 Å². The second-order valence-corrected chi connectivity index (χ2v) is 8.07. The van der Waals surface area contributed by atoms with Crippen LogP contribution in [0.5, 0.6) is 0 Å². The lowest BCUT2D eigenvalue weighted by molar-refractivity contribution is -0.133. The summed E-state index contributed by atoms with van der Waals surface area (Å²) in [5.74, 6) is -0.791. The predicted molar refractivity (Wildman–Crippen MR) is 90.4 cm³/mol. The monoisotopic (exact) mass is 324 g/mol. The molecular formula is C15H20N2O2S2. The van der Waals surface area contributed by atoms with Crippen molar-refractivity contribution in [3.05, 3.63) is 23.8 Å². The Morgan fingerprint density at radius 2 is 2.14 bits per heavy atom. The fourth-order valence-electron chi connectivity index (χ4n) is 2.05. The topological polar surface area (TPSA) is 55.1 Å². The zero-order chi connectivity index (χ0) is 15.6. The van der Waals surface area contributed by atoms with Crippen molar-refractivity contribution in [1.29, 1.82) is 0 Å². The van der Waals surface area contributed by atoms with Crippen LogP contribution in [0.1, 0.15) is 19.4 Å². The second-order valence-electron chi connectivity index (χ2n) is 5.62. The van der Waals surface area contributed by atoms with Gasteiger partial charge in [0.2, 0.25) is 0 Å². The molecule has 21 heavy (non-hydrogen) atoms. The van der Waals surface area contributed by atoms with Gasteiger partial charge in [0.15, 0.2) is 5.16 Å². The number of imidazole rings is 1. The molecule has 0 aliphatic rings. The van der Waals surface area contributed by atoms with Crippen LogP contribution < -0.4 is 0 Å². The average Bonchev–Trinajstić information content (AvgIpc) is 2.73. The van der Waals surface area contributed by atoms with Crippen molar-refractivity contribution in [1.82, 2.24) is 9.55 Å². The highest BCUT2D eigenvalue weighted by Gasteiger charge is 2.21. The van der Waals surface area contributed by atoms with Gasteiger partial charge in [-0.05, 0) is 44.7 Å². The van der Waals surface area contributed by atoms with Crippen molar-refractivity contribution in [2.24, 2.45) is 0 Å². The summed E-state index contributed by atoms with van der Waals surface area (Å²) >= 11 is 3.08. The first-order valence-electron chi connectivity index (χ1n) is 6.69. The van der Waals surface area contributed by atoms with Crippen molar-refractivity contribution in [2.75, 3.05) is 12.0 Å². The number of rotatable bonds is 6. The highest BCUT2D eigenvalue weighted by molar-refractivity contribution is 8.00. The lowest BCUT2D eigenvalue weighted by Gasteiger charge is -2.24. The maximum atomic E-state index is 10.8. The van der Waals surface area contributed by atoms with Crippen LogP contribution >= 0.6 is 23.5 Å². The first kappa shape index (κ1) is 16.2. The van der Waals surface area contributed by atoms with E-state index in [1.807, 2.05) is 13.0 Å². The van der Waals surface area contributed by atoms with E-state index in [-0.39, 0.29) is 10.5 Å². The van der Waals surface area contributed by atoms with Gasteiger partial charge in [0.05, 0.1) is 16.8 Å². The Balaban J connectivity index is 2.46. The van der Waals surface area contributed by atoms with Gasteiger partial charge in [-0.2, -0.15) is 11.8 Å². The lowest BCUT2D eigenvalue weighted by atomic mass is 10.2. The van der Waals surface area contributed by atoms with Gasteiger partial charge in [-0.3, -0.25) is 4.79 Å². The summed E-state index contributed by atoms with van der Waals surface area (Å²) in [6, 6.07) is 6.18. The lowest BCUT2D eigenvalue weighted by Crippen LogP contribution is -2.23. The second kappa shape index (κ2) is 6.32. The van der Waals surface area contributed by atoms with E-state index in [0.717, 1.165) is 28.3 Å². The van der Waals surface area contributed by atoms with E-state index in [4.69, 9.17) is 5.11 Å². The molecule has 0 spiro atoms. The number of nitrogens with zero attached hydrogens (tertiary/aromatic N) is 2. The van der Waals surface area contributed by atoms with Crippen molar-refractivity contribution in [3.8, 4) is 0 Å². The fourth-order valence-corrected chi connectivity index (χ4v) is 3.04. The molecule has 1 heterocycles. The van der Waals surface area contributed by atoms with Crippen molar-refractivity contribution < 1.29 is 9.90 Å². The third-order valence-electron chi connectivity index (χ3n) is 3.28. The van der Waals surface area contributed by atoms with Crippen LogP contribution in [0.25, 0.3) is 11.0 Å². The molecule has 0 radical (unpaired) electrons. The molecule has 0 saturated heterocycles. The van der Waals surface area contributed by atoms with Crippen LogP contribution in [0.3, 0.4) is 0 Å². The number of carboxylic acid groups (broad SMARTS) is 1. The minimum absolute atomic E-state index is 0.0298. The van der Waals surface area contributed by atoms with Crippen LogP contribution in [0, 0.1) is 6.92 Å². The first-order chi connectivity index (χ1) is 9.82. The van der Waals surface area contributed by atoms with Crippen molar-refractivity contribution in [2.45, 2.75) is 37.2 Å². The molecule has 1 aromatic heterocycles. The van der Waals surface area contributed by atoms with Crippen molar-refractivity contribution >= 4 is 40.5 Å². The molecule has 0 aliphatic heterocycles. The fraction of sp³-hybridized carbons (Fsp3) is 0.467. The Labute approximate surface area is 133 Å². The summed E-state index contributed by atoms with van der Waals surface area (Å²) in [6.45, 7) is 7.21. The summed E-state index contributed by atoms with van der Waals surface area (Å²) < 4.78 is 2.20. The number of thioether (sulfide) groups is 2. The molecule has 0 aliphatic carbocycles. The molecule has 0 fully saturated rings. The number of aliphatic carboxylic acids is 1. The normalized spacial score (nSPS) is 12.0. The quantitative estimate of drug-likeness (QED) is 0.822. The van der Waals surface area contributed by atoms with Gasteiger partial charge in [-0.25, -0.2) is 4.98 Å². The Bertz CT molecular complexity index is 665. The van der Waals surface area contributed by atoms with Gasteiger partial charge in [0.1, 0.15) is 0 Å². The Kier molecular flexibility index (Phi) is 4.88. The number of aromatic nitrogens is 2. The number of benzene rings is 1. The van der Waals surface area contributed by atoms with E-state index in [0.29, 0.717) is 0 Å². The van der Waals surface area contributed by atoms with E-state index in [2.05, 4.69) is 41.8 Å². The molecule has 1 N–H and O–H groups in total. The van der Waals surface area contributed by atoms with E-state index in [1.165, 1.54) is 11.8 Å². The number of hydrogen-bond donors (Lipinski definition) is 1. The zero-order valence-electron chi connectivity index (χ0n) is 12.7. The molecule has 0 unspecified atom stereocenters.